The van der Waals surface area contributed by atoms with Gasteiger partial charge in [-0.05, 0) is 26.3 Å². The van der Waals surface area contributed by atoms with Crippen LogP contribution in [0.15, 0.2) is 17.3 Å². The molecule has 1 aromatic heterocycles. The predicted octanol–water partition coefficient (Wildman–Crippen LogP) is 1.45. The molecule has 2 heterocycles. The number of rotatable bonds is 6. The predicted molar refractivity (Wildman–Crippen MR) is 82.6 cm³/mol. The monoisotopic (exact) mass is 314 g/mol. The van der Waals surface area contributed by atoms with Crippen LogP contribution in [-0.2, 0) is 16.6 Å². The number of nitrogens with one attached hydrogen (secondary N) is 1. The van der Waals surface area contributed by atoms with Crippen LogP contribution in [0.3, 0.4) is 0 Å². The van der Waals surface area contributed by atoms with Crippen LogP contribution in [0, 0.1) is 0 Å². The van der Waals surface area contributed by atoms with E-state index < -0.39 is 10.0 Å². The quantitative estimate of drug-likeness (QED) is 0.863. The second kappa shape index (κ2) is 7.38. The molecule has 1 unspecified atom stereocenters. The highest BCUT2D eigenvalue weighted by molar-refractivity contribution is 7.89. The fourth-order valence-electron chi connectivity index (χ4n) is 2.84. The highest BCUT2D eigenvalue weighted by Gasteiger charge is 2.32. The first-order chi connectivity index (χ1) is 10.1. The molecule has 1 fully saturated rings. The molecule has 1 aliphatic rings. The van der Waals surface area contributed by atoms with Crippen molar-refractivity contribution in [1.29, 1.82) is 0 Å². The van der Waals surface area contributed by atoms with Crippen LogP contribution in [0.1, 0.15) is 39.0 Å². The number of hydrogen-bond donors (Lipinski definition) is 1. The van der Waals surface area contributed by atoms with Gasteiger partial charge in [-0.25, -0.2) is 8.42 Å². The molecule has 1 aromatic rings. The molecule has 120 valence electrons. The zero-order valence-corrected chi connectivity index (χ0v) is 13.8. The smallest absolute Gasteiger partial charge is 0.246 e. The Hall–Kier alpha value is -0.920. The molecule has 0 aliphatic carbocycles. The minimum atomic E-state index is -3.42. The van der Waals surface area contributed by atoms with Crippen molar-refractivity contribution in [2.24, 2.45) is 0 Å². The summed E-state index contributed by atoms with van der Waals surface area (Å²) in [5.41, 5.74) is 0. The largest absolute Gasteiger partial charge is 0.318 e. The lowest BCUT2D eigenvalue weighted by Crippen LogP contribution is -2.39. The third-order valence-electron chi connectivity index (χ3n) is 4.10. The van der Waals surface area contributed by atoms with Crippen molar-refractivity contribution in [3.05, 3.63) is 12.4 Å². The van der Waals surface area contributed by atoms with Gasteiger partial charge in [-0.2, -0.15) is 9.40 Å². The molecule has 0 amide bonds. The van der Waals surface area contributed by atoms with Gasteiger partial charge in [0, 0.05) is 25.3 Å². The van der Waals surface area contributed by atoms with Crippen LogP contribution < -0.4 is 5.32 Å². The second-order valence-electron chi connectivity index (χ2n) is 5.57. The van der Waals surface area contributed by atoms with Crippen LogP contribution in [0.4, 0.5) is 0 Å². The molecule has 0 radical (unpaired) electrons. The van der Waals surface area contributed by atoms with Gasteiger partial charge in [-0.3, -0.25) is 4.68 Å². The zero-order valence-electron chi connectivity index (χ0n) is 13.0. The Labute approximate surface area is 127 Å². The molecule has 0 aromatic carbocycles. The Kier molecular flexibility index (Phi) is 5.78. The molecule has 0 saturated carbocycles. The molecular weight excluding hydrogens is 288 g/mol. The van der Waals surface area contributed by atoms with Gasteiger partial charge >= 0.3 is 0 Å². The van der Waals surface area contributed by atoms with Crippen LogP contribution in [0.5, 0.6) is 0 Å². The van der Waals surface area contributed by atoms with Crippen molar-refractivity contribution < 1.29 is 8.42 Å². The summed E-state index contributed by atoms with van der Waals surface area (Å²) in [6.45, 7) is 4.13. The maximum Gasteiger partial charge on any atom is 0.246 e. The molecule has 21 heavy (non-hydrogen) atoms. The normalized spacial score (nSPS) is 21.3. The van der Waals surface area contributed by atoms with Crippen molar-refractivity contribution in [3.63, 3.8) is 0 Å². The van der Waals surface area contributed by atoms with E-state index in [0.29, 0.717) is 18.0 Å². The Bertz CT molecular complexity index is 541. The lowest BCUT2D eigenvalue weighted by molar-refractivity contribution is 0.315. The minimum Gasteiger partial charge on any atom is -0.318 e. The summed E-state index contributed by atoms with van der Waals surface area (Å²) < 4.78 is 29.1. The summed E-state index contributed by atoms with van der Waals surface area (Å²) in [7, 11) is -1.56. The summed E-state index contributed by atoms with van der Waals surface area (Å²) in [5.74, 6) is 0. The standard InChI is InChI=1S/C14H26N4O2S/c1-3-13-7-5-4-6-9-18(13)21(19,20)14-11-16-17(12-14)10-8-15-2/h11-13,15H,3-10H2,1-2H3. The first kappa shape index (κ1) is 16.5. The van der Waals surface area contributed by atoms with Crippen LogP contribution in [0.2, 0.25) is 0 Å². The molecule has 1 aliphatic heterocycles. The fraction of sp³-hybridized carbons (Fsp3) is 0.786. The van der Waals surface area contributed by atoms with Gasteiger partial charge in [0.2, 0.25) is 10.0 Å². The summed E-state index contributed by atoms with van der Waals surface area (Å²) in [6.07, 6.45) is 8.13. The van der Waals surface area contributed by atoms with Gasteiger partial charge in [-0.15, -0.1) is 0 Å². The summed E-state index contributed by atoms with van der Waals surface area (Å²) in [4.78, 5) is 0.318. The average molecular weight is 314 g/mol. The van der Waals surface area contributed by atoms with E-state index in [1.165, 1.54) is 6.20 Å². The van der Waals surface area contributed by atoms with Crippen molar-refractivity contribution >= 4 is 10.0 Å². The van der Waals surface area contributed by atoms with Gasteiger partial charge in [0.15, 0.2) is 0 Å². The van der Waals surface area contributed by atoms with Gasteiger partial charge < -0.3 is 5.32 Å². The number of likely N-dealkylation sites (N-methyl/N-ethyl adjacent to an activating group) is 1. The summed E-state index contributed by atoms with van der Waals surface area (Å²) in [6, 6.07) is 0.123. The van der Waals surface area contributed by atoms with E-state index in [1.807, 2.05) is 7.05 Å². The highest BCUT2D eigenvalue weighted by atomic mass is 32.2. The topological polar surface area (TPSA) is 67.2 Å². The number of sulfonamides is 1. The molecule has 0 bridgehead atoms. The fourth-order valence-corrected chi connectivity index (χ4v) is 4.56. The van der Waals surface area contributed by atoms with E-state index in [0.717, 1.165) is 38.6 Å². The number of hydrogen-bond acceptors (Lipinski definition) is 4. The van der Waals surface area contributed by atoms with Gasteiger partial charge in [0.1, 0.15) is 4.90 Å². The second-order valence-corrected chi connectivity index (χ2v) is 7.46. The summed E-state index contributed by atoms with van der Waals surface area (Å²) >= 11 is 0. The zero-order chi connectivity index (χ0) is 15.3. The molecule has 6 nitrogen and oxygen atoms in total. The maximum atomic E-state index is 12.9. The molecule has 1 N–H and O–H groups in total. The molecule has 1 atom stereocenters. The van der Waals surface area contributed by atoms with Crippen molar-refractivity contribution in [1.82, 2.24) is 19.4 Å². The lowest BCUT2D eigenvalue weighted by Gasteiger charge is -2.27. The highest BCUT2D eigenvalue weighted by Crippen LogP contribution is 2.26. The third kappa shape index (κ3) is 3.84. The van der Waals surface area contributed by atoms with Crippen molar-refractivity contribution in [2.45, 2.75) is 56.5 Å². The van der Waals surface area contributed by atoms with E-state index in [4.69, 9.17) is 0 Å². The van der Waals surface area contributed by atoms with Crippen LogP contribution in [-0.4, -0.2) is 48.7 Å². The lowest BCUT2D eigenvalue weighted by atomic mass is 10.1. The van der Waals surface area contributed by atoms with Gasteiger partial charge in [-0.1, -0.05) is 19.8 Å². The number of aromatic nitrogens is 2. The average Bonchev–Trinajstić information content (AvgIpc) is 2.82. The number of nitrogens with zero attached hydrogens (tertiary/aromatic N) is 3. The Morgan fingerprint density at radius 1 is 1.38 bits per heavy atom. The molecule has 1 saturated heterocycles. The minimum absolute atomic E-state index is 0.123. The third-order valence-corrected chi connectivity index (χ3v) is 6.01. The summed E-state index contributed by atoms with van der Waals surface area (Å²) in [5, 5.41) is 7.19. The Balaban J connectivity index is 2.20. The van der Waals surface area contributed by atoms with E-state index in [-0.39, 0.29) is 6.04 Å². The van der Waals surface area contributed by atoms with E-state index in [2.05, 4.69) is 17.3 Å². The van der Waals surface area contributed by atoms with Crippen molar-refractivity contribution in [3.8, 4) is 0 Å². The van der Waals surface area contributed by atoms with Crippen LogP contribution in [0.25, 0.3) is 0 Å². The first-order valence-corrected chi connectivity index (χ1v) is 9.22. The van der Waals surface area contributed by atoms with E-state index >= 15 is 0 Å². The molecule has 0 spiro atoms. The van der Waals surface area contributed by atoms with E-state index in [9.17, 15) is 8.42 Å². The van der Waals surface area contributed by atoms with Crippen LogP contribution >= 0.6 is 0 Å². The Morgan fingerprint density at radius 2 is 2.19 bits per heavy atom. The SMILES string of the molecule is CCC1CCCCCN1S(=O)(=O)c1cnn(CCNC)c1. The van der Waals surface area contributed by atoms with E-state index in [1.54, 1.807) is 15.2 Å². The molecule has 7 heteroatoms. The Morgan fingerprint density at radius 3 is 2.90 bits per heavy atom. The van der Waals surface area contributed by atoms with Gasteiger partial charge in [0.25, 0.3) is 0 Å². The molecule has 2 rings (SSSR count). The van der Waals surface area contributed by atoms with Crippen molar-refractivity contribution in [2.75, 3.05) is 20.1 Å². The maximum absolute atomic E-state index is 12.9. The van der Waals surface area contributed by atoms with Gasteiger partial charge in [0.05, 0.1) is 12.7 Å². The molecular formula is C14H26N4O2S. The first-order valence-electron chi connectivity index (χ1n) is 7.78.